The Kier molecular flexibility index (Phi) is 6.49. The second kappa shape index (κ2) is 8.19. The molecule has 1 aromatic rings. The van der Waals surface area contributed by atoms with Gasteiger partial charge in [-0.3, -0.25) is 4.90 Å². The predicted octanol–water partition coefficient (Wildman–Crippen LogP) is 1.98. The molecular weight excluding hydrogens is 304 g/mol. The van der Waals surface area contributed by atoms with Crippen molar-refractivity contribution < 1.29 is 14.6 Å². The molecule has 1 fully saturated rings. The van der Waals surface area contributed by atoms with E-state index in [1.165, 1.54) is 0 Å². The van der Waals surface area contributed by atoms with E-state index < -0.39 is 6.10 Å². The number of β-amino-alcohol motifs (C(OH)–C–C–N with tert-alkyl or cyclic N) is 1. The maximum Gasteiger partial charge on any atom is 0.123 e. The van der Waals surface area contributed by atoms with Crippen LogP contribution in [0.5, 0.6) is 11.5 Å². The first-order chi connectivity index (χ1) is 11.3. The zero-order chi connectivity index (χ0) is 17.7. The summed E-state index contributed by atoms with van der Waals surface area (Å²) in [7, 11) is 3.80. The van der Waals surface area contributed by atoms with Crippen molar-refractivity contribution in [2.75, 3.05) is 53.5 Å². The lowest BCUT2D eigenvalue weighted by molar-refractivity contribution is 0.0500. The van der Waals surface area contributed by atoms with Crippen molar-refractivity contribution in [1.29, 1.82) is 0 Å². The maximum atomic E-state index is 10.3. The van der Waals surface area contributed by atoms with E-state index in [2.05, 4.69) is 37.6 Å². The van der Waals surface area contributed by atoms with Crippen LogP contribution in [0.1, 0.15) is 26.3 Å². The van der Waals surface area contributed by atoms with E-state index >= 15 is 0 Å². The second-order valence-corrected chi connectivity index (χ2v) is 7.68. The average molecular weight is 336 g/mol. The van der Waals surface area contributed by atoms with Gasteiger partial charge in [-0.2, -0.15) is 0 Å². The van der Waals surface area contributed by atoms with Crippen LogP contribution >= 0.6 is 0 Å². The van der Waals surface area contributed by atoms with Gasteiger partial charge in [-0.15, -0.1) is 0 Å². The standard InChI is InChI=1S/C19H32N2O3/c1-19(2,3)17-12-16(23-5)6-7-18(17)24-14-15(22)13-21-10-8-20(4)9-11-21/h6-7,12,15,22H,8-11,13-14H2,1-5H3. The van der Waals surface area contributed by atoms with Crippen molar-refractivity contribution in [2.45, 2.75) is 32.3 Å². The van der Waals surface area contributed by atoms with Crippen LogP contribution in [0.4, 0.5) is 0 Å². The Bertz CT molecular complexity index is 520. The summed E-state index contributed by atoms with van der Waals surface area (Å²) in [6.07, 6.45) is -0.483. The molecule has 5 heteroatoms. The van der Waals surface area contributed by atoms with E-state index in [0.29, 0.717) is 13.2 Å². The highest BCUT2D eigenvalue weighted by atomic mass is 16.5. The number of piperazine rings is 1. The Morgan fingerprint density at radius 1 is 1.17 bits per heavy atom. The van der Waals surface area contributed by atoms with Crippen LogP contribution in [-0.2, 0) is 5.41 Å². The van der Waals surface area contributed by atoms with E-state index in [9.17, 15) is 5.11 Å². The highest BCUT2D eigenvalue weighted by Crippen LogP contribution is 2.34. The van der Waals surface area contributed by atoms with Gasteiger partial charge >= 0.3 is 0 Å². The minimum absolute atomic E-state index is 0.0493. The number of methoxy groups -OCH3 is 1. The van der Waals surface area contributed by atoms with E-state index in [4.69, 9.17) is 9.47 Å². The predicted molar refractivity (Wildman–Crippen MR) is 97.1 cm³/mol. The van der Waals surface area contributed by atoms with Gasteiger partial charge in [0.2, 0.25) is 0 Å². The molecule has 1 N–H and O–H groups in total. The van der Waals surface area contributed by atoms with Gasteiger partial charge in [0.25, 0.3) is 0 Å². The quantitative estimate of drug-likeness (QED) is 0.861. The number of benzene rings is 1. The third-order valence-electron chi connectivity index (χ3n) is 4.49. The Labute approximate surface area is 146 Å². The molecule has 24 heavy (non-hydrogen) atoms. The van der Waals surface area contributed by atoms with Gasteiger partial charge in [0.15, 0.2) is 0 Å². The summed E-state index contributed by atoms with van der Waals surface area (Å²) in [5, 5.41) is 10.3. The molecule has 1 saturated heterocycles. The molecule has 0 aliphatic carbocycles. The highest BCUT2D eigenvalue weighted by molar-refractivity contribution is 5.44. The van der Waals surface area contributed by atoms with Gasteiger partial charge in [0.05, 0.1) is 7.11 Å². The third kappa shape index (κ3) is 5.36. The third-order valence-corrected chi connectivity index (χ3v) is 4.49. The second-order valence-electron chi connectivity index (χ2n) is 7.68. The van der Waals surface area contributed by atoms with Crippen molar-refractivity contribution in [3.8, 4) is 11.5 Å². The molecule has 1 aliphatic heterocycles. The fourth-order valence-electron chi connectivity index (χ4n) is 2.92. The number of likely N-dealkylation sites (N-methyl/N-ethyl adjacent to an activating group) is 1. The van der Waals surface area contributed by atoms with Crippen molar-refractivity contribution in [3.05, 3.63) is 23.8 Å². The van der Waals surface area contributed by atoms with Crippen LogP contribution < -0.4 is 9.47 Å². The molecule has 5 nitrogen and oxygen atoms in total. The Morgan fingerprint density at radius 2 is 1.83 bits per heavy atom. The van der Waals surface area contributed by atoms with E-state index in [1.54, 1.807) is 7.11 Å². The van der Waals surface area contributed by atoms with Crippen molar-refractivity contribution in [3.63, 3.8) is 0 Å². The van der Waals surface area contributed by atoms with E-state index in [1.807, 2.05) is 18.2 Å². The summed E-state index contributed by atoms with van der Waals surface area (Å²) >= 11 is 0. The van der Waals surface area contributed by atoms with Crippen LogP contribution in [0.2, 0.25) is 0 Å². The lowest BCUT2D eigenvalue weighted by atomic mass is 9.86. The number of nitrogens with zero attached hydrogens (tertiary/aromatic N) is 2. The van der Waals surface area contributed by atoms with Gasteiger partial charge in [-0.05, 0) is 30.7 Å². The summed E-state index contributed by atoms with van der Waals surface area (Å²) in [5.41, 5.74) is 1.04. The SMILES string of the molecule is COc1ccc(OCC(O)CN2CCN(C)CC2)c(C(C)(C)C)c1. The molecule has 1 aromatic carbocycles. The van der Waals surface area contributed by atoms with Gasteiger partial charge in [0.1, 0.15) is 24.2 Å². The molecule has 0 saturated carbocycles. The van der Waals surface area contributed by atoms with Crippen LogP contribution in [0.25, 0.3) is 0 Å². The van der Waals surface area contributed by atoms with Crippen molar-refractivity contribution in [2.24, 2.45) is 0 Å². The van der Waals surface area contributed by atoms with Crippen molar-refractivity contribution in [1.82, 2.24) is 9.80 Å². The molecular formula is C19H32N2O3. The minimum atomic E-state index is -0.483. The smallest absolute Gasteiger partial charge is 0.123 e. The molecule has 136 valence electrons. The van der Waals surface area contributed by atoms with Gasteiger partial charge in [-0.25, -0.2) is 0 Å². The fourth-order valence-corrected chi connectivity index (χ4v) is 2.92. The number of aliphatic hydroxyl groups excluding tert-OH is 1. The van der Waals surface area contributed by atoms with E-state index in [0.717, 1.165) is 43.2 Å². The van der Waals surface area contributed by atoms with Gasteiger partial charge < -0.3 is 19.5 Å². The number of hydrogen-bond acceptors (Lipinski definition) is 5. The molecule has 0 bridgehead atoms. The average Bonchev–Trinajstić information content (AvgIpc) is 2.54. The zero-order valence-electron chi connectivity index (χ0n) is 15.7. The summed E-state index contributed by atoms with van der Waals surface area (Å²) < 4.78 is 11.3. The van der Waals surface area contributed by atoms with Gasteiger partial charge in [-0.1, -0.05) is 20.8 Å². The van der Waals surface area contributed by atoms with Crippen molar-refractivity contribution >= 4 is 0 Å². The number of hydrogen-bond donors (Lipinski definition) is 1. The van der Waals surface area contributed by atoms with Crippen LogP contribution in [0, 0.1) is 0 Å². The fraction of sp³-hybridized carbons (Fsp3) is 0.684. The lowest BCUT2D eigenvalue weighted by Gasteiger charge is -2.33. The van der Waals surface area contributed by atoms with Crippen LogP contribution in [-0.4, -0.2) is 74.5 Å². The molecule has 2 rings (SSSR count). The molecule has 1 unspecified atom stereocenters. The Balaban J connectivity index is 1.93. The molecule has 1 heterocycles. The zero-order valence-corrected chi connectivity index (χ0v) is 15.7. The maximum absolute atomic E-state index is 10.3. The van der Waals surface area contributed by atoms with Gasteiger partial charge in [0, 0.05) is 38.3 Å². The Morgan fingerprint density at radius 3 is 2.42 bits per heavy atom. The van der Waals surface area contributed by atoms with Crippen LogP contribution in [0.15, 0.2) is 18.2 Å². The summed E-state index contributed by atoms with van der Waals surface area (Å²) in [6, 6.07) is 5.85. The van der Waals surface area contributed by atoms with Crippen LogP contribution in [0.3, 0.4) is 0 Å². The molecule has 0 aromatic heterocycles. The largest absolute Gasteiger partial charge is 0.497 e. The highest BCUT2D eigenvalue weighted by Gasteiger charge is 2.22. The molecule has 1 atom stereocenters. The number of ether oxygens (including phenoxy) is 2. The summed E-state index contributed by atoms with van der Waals surface area (Å²) in [5.74, 6) is 1.64. The normalized spacial score (nSPS) is 18.4. The first-order valence-corrected chi connectivity index (χ1v) is 8.70. The first-order valence-electron chi connectivity index (χ1n) is 8.70. The van der Waals surface area contributed by atoms with E-state index in [-0.39, 0.29) is 5.41 Å². The monoisotopic (exact) mass is 336 g/mol. The summed E-state index contributed by atoms with van der Waals surface area (Å²) in [6.45, 7) is 11.5. The number of rotatable bonds is 6. The number of aliphatic hydroxyl groups is 1. The minimum Gasteiger partial charge on any atom is -0.497 e. The first kappa shape index (κ1) is 19.0. The topological polar surface area (TPSA) is 45.2 Å². The Hall–Kier alpha value is -1.30. The molecule has 1 aliphatic rings. The lowest BCUT2D eigenvalue weighted by Crippen LogP contribution is -2.47. The molecule has 0 amide bonds. The molecule has 0 radical (unpaired) electrons. The summed E-state index contributed by atoms with van der Waals surface area (Å²) in [4.78, 5) is 4.61. The molecule has 0 spiro atoms.